The number of aryl methyl sites for hydroxylation is 1. The molecule has 0 fully saturated rings. The second kappa shape index (κ2) is 10.0. The van der Waals surface area contributed by atoms with E-state index >= 15 is 0 Å². The van der Waals surface area contributed by atoms with Gasteiger partial charge in [-0.2, -0.15) is 9.41 Å². The maximum Gasteiger partial charge on any atom is 0.255 e. The number of hydrogen-bond donors (Lipinski definition) is 2. The quantitative estimate of drug-likeness (QED) is 0.418. The highest BCUT2D eigenvalue weighted by Gasteiger charge is 2.26. The average molecular weight is 438 g/mol. The summed E-state index contributed by atoms with van der Waals surface area (Å²) in [5, 5.41) is 13.6. The van der Waals surface area contributed by atoms with E-state index < -0.39 is 22.5 Å². The van der Waals surface area contributed by atoms with Crippen LogP contribution in [0.15, 0.2) is 88.9 Å². The van der Waals surface area contributed by atoms with Crippen LogP contribution in [0.25, 0.3) is 0 Å². The van der Waals surface area contributed by atoms with Gasteiger partial charge in [0.2, 0.25) is 10.0 Å². The molecule has 8 heteroatoms. The lowest BCUT2D eigenvalue weighted by Crippen LogP contribution is -2.39. The number of phenols is 1. The summed E-state index contributed by atoms with van der Waals surface area (Å²) < 4.78 is 27.5. The number of para-hydroxylation sites is 1. The van der Waals surface area contributed by atoms with Gasteiger partial charge in [0, 0.05) is 12.1 Å². The van der Waals surface area contributed by atoms with Gasteiger partial charge in [0.1, 0.15) is 5.75 Å². The Morgan fingerprint density at radius 1 is 1.00 bits per heavy atom. The fraction of sp³-hybridized carbons (Fsp3) is 0.130. The van der Waals surface area contributed by atoms with Gasteiger partial charge in [0.05, 0.1) is 17.7 Å². The van der Waals surface area contributed by atoms with E-state index in [0.29, 0.717) is 5.56 Å². The van der Waals surface area contributed by atoms with Crippen LogP contribution >= 0.6 is 0 Å². The SMILES string of the molecule is Cc1ccc(S(=O)(=O)N(CC(=O)N/N=C\c2ccccc2O)Cc2ccccc2)cc1. The number of sulfonamides is 1. The van der Waals surface area contributed by atoms with Crippen molar-refractivity contribution in [3.63, 3.8) is 0 Å². The number of rotatable bonds is 8. The Morgan fingerprint density at radius 3 is 2.32 bits per heavy atom. The van der Waals surface area contributed by atoms with Crippen molar-refractivity contribution >= 4 is 22.1 Å². The van der Waals surface area contributed by atoms with Gasteiger partial charge in [-0.15, -0.1) is 0 Å². The summed E-state index contributed by atoms with van der Waals surface area (Å²) in [5.74, 6) is -0.577. The highest BCUT2D eigenvalue weighted by molar-refractivity contribution is 7.89. The smallest absolute Gasteiger partial charge is 0.255 e. The Morgan fingerprint density at radius 2 is 1.65 bits per heavy atom. The minimum Gasteiger partial charge on any atom is -0.507 e. The first-order valence-corrected chi connectivity index (χ1v) is 11.0. The van der Waals surface area contributed by atoms with Crippen LogP contribution in [0.1, 0.15) is 16.7 Å². The number of nitrogens with zero attached hydrogens (tertiary/aromatic N) is 2. The molecule has 0 unspecified atom stereocenters. The molecule has 31 heavy (non-hydrogen) atoms. The Bertz CT molecular complexity index is 1160. The van der Waals surface area contributed by atoms with E-state index in [9.17, 15) is 18.3 Å². The first-order chi connectivity index (χ1) is 14.9. The average Bonchev–Trinajstić information content (AvgIpc) is 2.76. The van der Waals surface area contributed by atoms with Gasteiger partial charge in [0.15, 0.2) is 0 Å². The predicted octanol–water partition coefficient (Wildman–Crippen LogP) is 3.04. The largest absolute Gasteiger partial charge is 0.507 e. The minimum atomic E-state index is -3.91. The van der Waals surface area contributed by atoms with Crippen LogP contribution in [-0.4, -0.2) is 36.5 Å². The molecule has 1 amide bonds. The molecule has 3 aromatic rings. The zero-order valence-corrected chi connectivity index (χ0v) is 17.8. The molecule has 0 heterocycles. The lowest BCUT2D eigenvalue weighted by Gasteiger charge is -2.21. The van der Waals surface area contributed by atoms with Crippen LogP contribution in [0, 0.1) is 6.92 Å². The van der Waals surface area contributed by atoms with E-state index in [1.54, 1.807) is 42.5 Å². The van der Waals surface area contributed by atoms with Crippen LogP contribution in [0.3, 0.4) is 0 Å². The number of carbonyl (C=O) groups is 1. The second-order valence-electron chi connectivity index (χ2n) is 6.92. The summed E-state index contributed by atoms with van der Waals surface area (Å²) in [5.41, 5.74) is 4.44. The van der Waals surface area contributed by atoms with E-state index in [1.807, 2.05) is 25.1 Å². The zero-order valence-electron chi connectivity index (χ0n) is 17.0. The topological polar surface area (TPSA) is 99.1 Å². The molecule has 3 rings (SSSR count). The molecule has 0 aliphatic heterocycles. The normalized spacial score (nSPS) is 11.7. The Balaban J connectivity index is 1.78. The molecular weight excluding hydrogens is 414 g/mol. The summed E-state index contributed by atoms with van der Waals surface area (Å²) >= 11 is 0. The molecule has 160 valence electrons. The fourth-order valence-corrected chi connectivity index (χ4v) is 4.22. The highest BCUT2D eigenvalue weighted by atomic mass is 32.2. The number of benzene rings is 3. The molecule has 0 bridgehead atoms. The van der Waals surface area contributed by atoms with Crippen molar-refractivity contribution < 1.29 is 18.3 Å². The molecule has 0 saturated heterocycles. The third kappa shape index (κ3) is 6.00. The standard InChI is InChI=1S/C23H23N3O4S/c1-18-11-13-21(14-12-18)31(29,30)26(16-19-7-3-2-4-8-19)17-23(28)25-24-15-20-9-5-6-10-22(20)27/h2-15,27H,16-17H2,1H3,(H,25,28)/b24-15-. The van der Waals surface area contributed by atoms with Crippen molar-refractivity contribution in [2.45, 2.75) is 18.4 Å². The van der Waals surface area contributed by atoms with Gasteiger partial charge in [0.25, 0.3) is 5.91 Å². The van der Waals surface area contributed by atoms with E-state index in [4.69, 9.17) is 0 Å². The third-order valence-corrected chi connectivity index (χ3v) is 6.32. The van der Waals surface area contributed by atoms with Crippen molar-refractivity contribution in [1.82, 2.24) is 9.73 Å². The number of aromatic hydroxyl groups is 1. The van der Waals surface area contributed by atoms with Gasteiger partial charge in [-0.25, -0.2) is 13.8 Å². The van der Waals surface area contributed by atoms with Crippen molar-refractivity contribution in [2.24, 2.45) is 5.10 Å². The van der Waals surface area contributed by atoms with Gasteiger partial charge in [-0.3, -0.25) is 4.79 Å². The van der Waals surface area contributed by atoms with Crippen molar-refractivity contribution in [3.05, 3.63) is 95.6 Å². The minimum absolute atomic E-state index is 0.0214. The fourth-order valence-electron chi connectivity index (χ4n) is 2.84. The lowest BCUT2D eigenvalue weighted by molar-refractivity contribution is -0.121. The van der Waals surface area contributed by atoms with Crippen LogP contribution in [-0.2, 0) is 21.4 Å². The maximum atomic E-state index is 13.2. The van der Waals surface area contributed by atoms with Crippen molar-refractivity contribution in [1.29, 1.82) is 0 Å². The Labute approximate surface area is 181 Å². The van der Waals surface area contributed by atoms with Crippen LogP contribution in [0.4, 0.5) is 0 Å². The first kappa shape index (κ1) is 22.2. The molecule has 0 atom stereocenters. The number of phenolic OH excluding ortho intramolecular Hbond substituents is 1. The van der Waals surface area contributed by atoms with Crippen molar-refractivity contribution in [3.8, 4) is 5.75 Å². The Hall–Kier alpha value is -3.49. The number of hydrazone groups is 1. The number of amides is 1. The summed E-state index contributed by atoms with van der Waals surface area (Å²) in [7, 11) is -3.91. The molecule has 0 aliphatic carbocycles. The zero-order chi connectivity index (χ0) is 22.3. The van der Waals surface area contributed by atoms with E-state index in [0.717, 1.165) is 15.4 Å². The molecule has 0 aromatic heterocycles. The molecule has 7 nitrogen and oxygen atoms in total. The summed E-state index contributed by atoms with van der Waals surface area (Å²) in [6.07, 6.45) is 1.29. The first-order valence-electron chi connectivity index (χ1n) is 9.57. The molecular formula is C23H23N3O4S. The summed E-state index contributed by atoms with van der Waals surface area (Å²) in [6, 6.07) is 22.0. The molecule has 0 radical (unpaired) electrons. The molecule has 3 aromatic carbocycles. The molecule has 0 aliphatic rings. The van der Waals surface area contributed by atoms with Crippen LogP contribution in [0.2, 0.25) is 0 Å². The number of nitrogens with one attached hydrogen (secondary N) is 1. The number of hydrogen-bond acceptors (Lipinski definition) is 5. The molecule has 0 saturated carbocycles. The van der Waals surface area contributed by atoms with Gasteiger partial charge < -0.3 is 5.11 Å². The van der Waals surface area contributed by atoms with E-state index in [2.05, 4.69) is 10.5 Å². The van der Waals surface area contributed by atoms with Gasteiger partial charge >= 0.3 is 0 Å². The molecule has 0 spiro atoms. The Kier molecular flexibility index (Phi) is 7.17. The number of carbonyl (C=O) groups excluding carboxylic acids is 1. The third-order valence-electron chi connectivity index (χ3n) is 4.51. The summed E-state index contributed by atoms with van der Waals surface area (Å²) in [6.45, 7) is 1.49. The van der Waals surface area contributed by atoms with Gasteiger partial charge in [-0.1, -0.05) is 60.2 Å². The van der Waals surface area contributed by atoms with Gasteiger partial charge in [-0.05, 0) is 36.8 Å². The monoisotopic (exact) mass is 437 g/mol. The second-order valence-corrected chi connectivity index (χ2v) is 8.86. The van der Waals surface area contributed by atoms with Crippen LogP contribution in [0.5, 0.6) is 5.75 Å². The van der Waals surface area contributed by atoms with E-state index in [-0.39, 0.29) is 17.2 Å². The highest BCUT2D eigenvalue weighted by Crippen LogP contribution is 2.19. The maximum absolute atomic E-state index is 13.2. The molecule has 2 N–H and O–H groups in total. The predicted molar refractivity (Wildman–Crippen MR) is 119 cm³/mol. The van der Waals surface area contributed by atoms with E-state index in [1.165, 1.54) is 24.4 Å². The van der Waals surface area contributed by atoms with Crippen LogP contribution < -0.4 is 5.43 Å². The lowest BCUT2D eigenvalue weighted by atomic mass is 10.2. The summed E-state index contributed by atoms with van der Waals surface area (Å²) in [4.78, 5) is 12.6. The van der Waals surface area contributed by atoms with Crippen molar-refractivity contribution in [2.75, 3.05) is 6.54 Å².